The molecule has 2 N–H and O–H groups in total. The number of carbonyl (C=O) groups is 3. The number of ether oxygens (including phenoxy) is 1. The van der Waals surface area contributed by atoms with Gasteiger partial charge in [-0.3, -0.25) is 24.5 Å². The van der Waals surface area contributed by atoms with Crippen LogP contribution < -0.4 is 10.6 Å². The summed E-state index contributed by atoms with van der Waals surface area (Å²) < 4.78 is 17.7. The van der Waals surface area contributed by atoms with E-state index in [0.29, 0.717) is 11.1 Å². The van der Waals surface area contributed by atoms with Crippen LogP contribution in [0.15, 0.2) is 42.5 Å². The molecule has 146 valence electrons. The quantitative estimate of drug-likeness (QED) is 0.410. The fourth-order valence-corrected chi connectivity index (χ4v) is 2.13. The Labute approximate surface area is 162 Å². The first-order valence-electron chi connectivity index (χ1n) is 7.69. The number of nitro benzene ring substituents is 1. The first kappa shape index (κ1) is 20.8. The van der Waals surface area contributed by atoms with Crippen molar-refractivity contribution in [2.45, 2.75) is 0 Å². The Kier molecular flexibility index (Phi) is 6.99. The van der Waals surface area contributed by atoms with Crippen molar-refractivity contribution in [3.8, 4) is 0 Å². The van der Waals surface area contributed by atoms with Crippen LogP contribution in [0, 0.1) is 15.9 Å². The van der Waals surface area contributed by atoms with E-state index in [0.717, 1.165) is 12.1 Å². The Morgan fingerprint density at radius 2 is 1.82 bits per heavy atom. The second-order valence-corrected chi connectivity index (χ2v) is 5.75. The largest absolute Gasteiger partial charge is 0.454 e. The first-order chi connectivity index (χ1) is 13.3. The second kappa shape index (κ2) is 9.42. The van der Waals surface area contributed by atoms with E-state index in [-0.39, 0.29) is 11.3 Å². The summed E-state index contributed by atoms with van der Waals surface area (Å²) in [4.78, 5) is 45.2. The molecule has 0 fully saturated rings. The summed E-state index contributed by atoms with van der Waals surface area (Å²) in [5.41, 5.74) is -0.614. The number of nitrogens with one attached hydrogen (secondary N) is 2. The molecule has 11 heteroatoms. The third kappa shape index (κ3) is 6.02. The van der Waals surface area contributed by atoms with Gasteiger partial charge < -0.3 is 15.4 Å². The van der Waals surface area contributed by atoms with Crippen molar-refractivity contribution in [3.05, 3.63) is 69.0 Å². The van der Waals surface area contributed by atoms with Crippen LogP contribution in [-0.4, -0.2) is 35.9 Å². The van der Waals surface area contributed by atoms with Crippen molar-refractivity contribution in [3.63, 3.8) is 0 Å². The fraction of sp³-hybridized carbons (Fsp3) is 0.118. The van der Waals surface area contributed by atoms with Gasteiger partial charge in [-0.1, -0.05) is 11.6 Å². The van der Waals surface area contributed by atoms with Crippen molar-refractivity contribution in [1.29, 1.82) is 0 Å². The number of benzene rings is 2. The number of esters is 1. The summed E-state index contributed by atoms with van der Waals surface area (Å²) in [5, 5.41) is 15.8. The minimum absolute atomic E-state index is 0.247. The maximum Gasteiger partial charge on any atom is 0.325 e. The highest BCUT2D eigenvalue weighted by atomic mass is 35.5. The molecule has 0 bridgehead atoms. The van der Waals surface area contributed by atoms with Crippen LogP contribution in [0.1, 0.15) is 10.4 Å². The SMILES string of the molecule is O=C(COC(=O)CNC(=O)c1ccc(Cl)cc1)Nc1ccc(F)cc1[N+](=O)[O-]. The topological polar surface area (TPSA) is 128 Å². The molecule has 0 atom stereocenters. The average Bonchev–Trinajstić information content (AvgIpc) is 2.66. The predicted octanol–water partition coefficient (Wildman–Crippen LogP) is 2.30. The molecule has 0 spiro atoms. The summed E-state index contributed by atoms with van der Waals surface area (Å²) in [5.74, 6) is -3.15. The monoisotopic (exact) mass is 409 g/mol. The summed E-state index contributed by atoms with van der Waals surface area (Å²) in [6.45, 7) is -1.24. The number of halogens is 2. The minimum Gasteiger partial charge on any atom is -0.454 e. The van der Waals surface area contributed by atoms with Crippen molar-refractivity contribution in [2.75, 3.05) is 18.5 Å². The number of amides is 2. The van der Waals surface area contributed by atoms with Gasteiger partial charge in [0.15, 0.2) is 6.61 Å². The number of nitrogens with zero attached hydrogens (tertiary/aromatic N) is 1. The molecule has 0 aliphatic rings. The molecule has 0 radical (unpaired) electrons. The van der Waals surface area contributed by atoms with E-state index in [9.17, 15) is 28.9 Å². The van der Waals surface area contributed by atoms with Gasteiger partial charge in [-0.15, -0.1) is 0 Å². The highest BCUT2D eigenvalue weighted by Gasteiger charge is 2.18. The molecular weight excluding hydrogens is 397 g/mol. The zero-order valence-corrected chi connectivity index (χ0v) is 14.9. The third-order valence-electron chi connectivity index (χ3n) is 3.29. The zero-order chi connectivity index (χ0) is 20.7. The van der Waals surface area contributed by atoms with Crippen molar-refractivity contribution in [2.24, 2.45) is 0 Å². The van der Waals surface area contributed by atoms with E-state index in [4.69, 9.17) is 11.6 Å². The van der Waals surface area contributed by atoms with Crippen molar-refractivity contribution >= 4 is 40.8 Å². The predicted molar refractivity (Wildman–Crippen MR) is 96.4 cm³/mol. The Bertz CT molecular complexity index is 920. The van der Waals surface area contributed by atoms with Crippen LogP contribution in [0.2, 0.25) is 5.02 Å². The number of hydrogen-bond acceptors (Lipinski definition) is 6. The molecule has 0 saturated heterocycles. The van der Waals surface area contributed by atoms with Crippen LogP contribution in [0.4, 0.5) is 15.8 Å². The average molecular weight is 410 g/mol. The molecular formula is C17H13ClFN3O6. The van der Waals surface area contributed by atoms with Gasteiger partial charge in [-0.25, -0.2) is 4.39 Å². The molecule has 2 aromatic rings. The van der Waals surface area contributed by atoms with Crippen LogP contribution >= 0.6 is 11.6 Å². The lowest BCUT2D eigenvalue weighted by atomic mass is 10.2. The van der Waals surface area contributed by atoms with Crippen LogP contribution in [0.5, 0.6) is 0 Å². The molecule has 0 unspecified atom stereocenters. The molecule has 0 heterocycles. The van der Waals surface area contributed by atoms with E-state index >= 15 is 0 Å². The number of carbonyl (C=O) groups excluding carboxylic acids is 3. The fourth-order valence-electron chi connectivity index (χ4n) is 2.00. The maximum atomic E-state index is 13.1. The lowest BCUT2D eigenvalue weighted by Gasteiger charge is -2.08. The van der Waals surface area contributed by atoms with Crippen molar-refractivity contribution < 1.29 is 28.4 Å². The smallest absolute Gasteiger partial charge is 0.325 e. The first-order valence-corrected chi connectivity index (χ1v) is 8.07. The van der Waals surface area contributed by atoms with Gasteiger partial charge in [0.1, 0.15) is 18.0 Å². The Hall–Kier alpha value is -3.53. The lowest BCUT2D eigenvalue weighted by molar-refractivity contribution is -0.384. The molecule has 28 heavy (non-hydrogen) atoms. The van der Waals surface area contributed by atoms with Gasteiger partial charge in [0, 0.05) is 10.6 Å². The highest BCUT2D eigenvalue weighted by Crippen LogP contribution is 2.24. The summed E-state index contributed by atoms with van der Waals surface area (Å²) in [7, 11) is 0. The molecule has 0 saturated carbocycles. The number of rotatable bonds is 7. The second-order valence-electron chi connectivity index (χ2n) is 5.32. The summed E-state index contributed by atoms with van der Waals surface area (Å²) in [6, 6.07) is 8.54. The van der Waals surface area contributed by atoms with Crippen molar-refractivity contribution in [1.82, 2.24) is 5.32 Å². The van der Waals surface area contributed by atoms with Gasteiger partial charge in [0.2, 0.25) is 0 Å². The molecule has 0 aliphatic heterocycles. The molecule has 2 rings (SSSR count). The summed E-state index contributed by atoms with van der Waals surface area (Å²) >= 11 is 5.71. The zero-order valence-electron chi connectivity index (χ0n) is 14.1. The standard InChI is InChI=1S/C17H13ClFN3O6/c18-11-3-1-10(2-4-11)17(25)20-8-16(24)28-9-15(23)21-13-6-5-12(19)7-14(13)22(26)27/h1-7H,8-9H2,(H,20,25)(H,21,23). The number of hydrogen-bond donors (Lipinski definition) is 2. The number of anilines is 1. The van der Waals surface area contributed by atoms with Gasteiger partial charge in [-0.05, 0) is 36.4 Å². The molecule has 2 amide bonds. The maximum absolute atomic E-state index is 13.1. The van der Waals surface area contributed by atoms with Crippen LogP contribution in [0.25, 0.3) is 0 Å². The van der Waals surface area contributed by atoms with Gasteiger partial charge in [0.25, 0.3) is 17.5 Å². The lowest BCUT2D eigenvalue weighted by Crippen LogP contribution is -2.32. The van der Waals surface area contributed by atoms with Gasteiger partial charge >= 0.3 is 5.97 Å². The Balaban J connectivity index is 1.81. The summed E-state index contributed by atoms with van der Waals surface area (Å²) in [6.07, 6.45) is 0. The van der Waals surface area contributed by atoms with E-state index in [1.165, 1.54) is 24.3 Å². The number of nitro groups is 1. The van der Waals surface area contributed by atoms with Gasteiger partial charge in [-0.2, -0.15) is 0 Å². The van der Waals surface area contributed by atoms with E-state index < -0.39 is 47.4 Å². The molecule has 0 aromatic heterocycles. The van der Waals surface area contributed by atoms with Gasteiger partial charge in [0.05, 0.1) is 11.0 Å². The highest BCUT2D eigenvalue weighted by molar-refractivity contribution is 6.30. The van der Waals surface area contributed by atoms with Crippen LogP contribution in [-0.2, 0) is 14.3 Å². The normalized spacial score (nSPS) is 10.1. The van der Waals surface area contributed by atoms with E-state index in [1.54, 1.807) is 0 Å². The molecule has 2 aromatic carbocycles. The Morgan fingerprint density at radius 3 is 2.46 bits per heavy atom. The van der Waals surface area contributed by atoms with Crippen LogP contribution in [0.3, 0.4) is 0 Å². The van der Waals surface area contributed by atoms with E-state index in [1.807, 2.05) is 0 Å². The molecule has 0 aliphatic carbocycles. The third-order valence-corrected chi connectivity index (χ3v) is 3.55. The Morgan fingerprint density at radius 1 is 1.14 bits per heavy atom. The van der Waals surface area contributed by atoms with E-state index in [2.05, 4.69) is 15.4 Å². The molecule has 9 nitrogen and oxygen atoms in total. The minimum atomic E-state index is -0.897.